The van der Waals surface area contributed by atoms with E-state index in [4.69, 9.17) is 0 Å². The first-order valence-electron chi connectivity index (χ1n) is 13.6. The van der Waals surface area contributed by atoms with E-state index < -0.39 is 23.3 Å². The summed E-state index contributed by atoms with van der Waals surface area (Å²) in [6.45, 7) is 2.61. The highest BCUT2D eigenvalue weighted by Crippen LogP contribution is 2.19. The summed E-state index contributed by atoms with van der Waals surface area (Å²) in [5, 5.41) is 5.47. The predicted molar refractivity (Wildman–Crippen MR) is 158 cm³/mol. The Morgan fingerprint density at radius 2 is 1.46 bits per heavy atom. The number of H-pyrrole nitrogens is 1. The maximum atomic E-state index is 13.8. The van der Waals surface area contributed by atoms with Crippen LogP contribution in [0.25, 0.3) is 11.4 Å². The van der Waals surface area contributed by atoms with Gasteiger partial charge in [0, 0.05) is 18.7 Å². The van der Waals surface area contributed by atoms with Crippen molar-refractivity contribution in [2.45, 2.75) is 32.2 Å². The summed E-state index contributed by atoms with van der Waals surface area (Å²) in [6.07, 6.45) is 1.12. The van der Waals surface area contributed by atoms with Gasteiger partial charge >= 0.3 is 0 Å². The average molecular weight is 556 g/mol. The van der Waals surface area contributed by atoms with Gasteiger partial charge in [-0.15, -0.1) is 0 Å². The lowest BCUT2D eigenvalue weighted by atomic mass is 10.1. The second-order valence-electron chi connectivity index (χ2n) is 9.77. The van der Waals surface area contributed by atoms with Gasteiger partial charge in [-0.1, -0.05) is 60.7 Å². The highest BCUT2D eigenvalue weighted by Gasteiger charge is 2.22. The van der Waals surface area contributed by atoms with Crippen molar-refractivity contribution >= 4 is 17.5 Å². The van der Waals surface area contributed by atoms with Crippen molar-refractivity contribution in [3.8, 4) is 11.4 Å². The summed E-state index contributed by atoms with van der Waals surface area (Å²) >= 11 is 0. The molecule has 0 unspecified atom stereocenters. The van der Waals surface area contributed by atoms with Crippen molar-refractivity contribution in [1.29, 1.82) is 0 Å². The van der Waals surface area contributed by atoms with Crippen LogP contribution in [0.2, 0.25) is 0 Å². The van der Waals surface area contributed by atoms with Crippen LogP contribution in [-0.4, -0.2) is 52.9 Å². The number of amides is 2. The van der Waals surface area contributed by atoms with Gasteiger partial charge in [-0.3, -0.25) is 14.4 Å². The normalized spacial score (nSPS) is 11.6. The minimum Gasteiger partial charge on any atom is -0.342 e. The summed E-state index contributed by atoms with van der Waals surface area (Å²) in [5.74, 6) is -0.910. The van der Waals surface area contributed by atoms with Gasteiger partial charge in [0.2, 0.25) is 11.8 Å². The Balaban J connectivity index is 1.64. The number of hydrogen-bond acceptors (Lipinski definition) is 5. The Bertz CT molecular complexity index is 1460. The molecule has 0 spiro atoms. The van der Waals surface area contributed by atoms with E-state index in [2.05, 4.69) is 20.6 Å². The third-order valence-corrected chi connectivity index (χ3v) is 6.88. The van der Waals surface area contributed by atoms with E-state index in [1.54, 1.807) is 18.9 Å². The molecule has 4 aromatic rings. The highest BCUT2D eigenvalue weighted by molar-refractivity contribution is 5.95. The molecule has 0 aliphatic carbocycles. The number of hydrogen-bond donors (Lipinski definition) is 3. The molecule has 8 nitrogen and oxygen atoms in total. The summed E-state index contributed by atoms with van der Waals surface area (Å²) in [6, 6.07) is 24.7. The molecular weight excluding hydrogens is 521 g/mol. The lowest BCUT2D eigenvalue weighted by molar-refractivity contribution is -0.130. The van der Waals surface area contributed by atoms with Crippen molar-refractivity contribution in [1.82, 2.24) is 20.2 Å². The molecule has 9 heteroatoms. The Hall–Kier alpha value is -4.63. The summed E-state index contributed by atoms with van der Waals surface area (Å²) in [4.78, 5) is 48.7. The second kappa shape index (κ2) is 14.1. The molecule has 0 fully saturated rings. The quantitative estimate of drug-likeness (QED) is 0.245. The molecule has 0 saturated carbocycles. The smallest absolute Gasteiger partial charge is 0.275 e. The Kier molecular flexibility index (Phi) is 10.1. The van der Waals surface area contributed by atoms with Gasteiger partial charge < -0.3 is 20.5 Å². The largest absolute Gasteiger partial charge is 0.342 e. The van der Waals surface area contributed by atoms with Gasteiger partial charge in [-0.2, -0.15) is 0 Å². The molecule has 212 valence electrons. The van der Waals surface area contributed by atoms with Crippen LogP contribution in [0, 0.1) is 5.82 Å². The highest BCUT2D eigenvalue weighted by atomic mass is 19.1. The zero-order chi connectivity index (χ0) is 29.2. The average Bonchev–Trinajstić information content (AvgIpc) is 2.99. The molecule has 3 N–H and O–H groups in total. The molecule has 3 aromatic carbocycles. The molecule has 1 aromatic heterocycles. The van der Waals surface area contributed by atoms with Gasteiger partial charge in [0.1, 0.15) is 17.3 Å². The fourth-order valence-corrected chi connectivity index (χ4v) is 4.32. The third kappa shape index (κ3) is 8.18. The monoisotopic (exact) mass is 555 g/mol. The van der Waals surface area contributed by atoms with Crippen LogP contribution in [0.5, 0.6) is 0 Å². The van der Waals surface area contributed by atoms with Crippen molar-refractivity contribution < 1.29 is 14.0 Å². The molecule has 4 rings (SSSR count). The van der Waals surface area contributed by atoms with E-state index in [0.717, 1.165) is 11.1 Å². The number of aromatic nitrogens is 2. The predicted octanol–water partition coefficient (Wildman–Crippen LogP) is 3.98. The number of halogens is 1. The van der Waals surface area contributed by atoms with Crippen molar-refractivity contribution in [3.05, 3.63) is 118 Å². The molecule has 1 atom stereocenters. The first-order valence-corrected chi connectivity index (χ1v) is 13.6. The number of aromatic amines is 1. The number of anilines is 1. The van der Waals surface area contributed by atoms with Gasteiger partial charge in [-0.25, -0.2) is 9.37 Å². The zero-order valence-corrected chi connectivity index (χ0v) is 23.2. The molecule has 0 saturated heterocycles. The van der Waals surface area contributed by atoms with Gasteiger partial charge in [0.05, 0.1) is 18.2 Å². The Morgan fingerprint density at radius 1 is 0.902 bits per heavy atom. The number of benzene rings is 3. The Morgan fingerprint density at radius 3 is 2.00 bits per heavy atom. The van der Waals surface area contributed by atoms with E-state index >= 15 is 0 Å². The summed E-state index contributed by atoms with van der Waals surface area (Å²) < 4.78 is 13.5. The molecular formula is C32H34FN5O3. The van der Waals surface area contributed by atoms with E-state index in [9.17, 15) is 18.8 Å². The molecule has 2 amide bonds. The first kappa shape index (κ1) is 29.4. The van der Waals surface area contributed by atoms with Crippen LogP contribution in [0.4, 0.5) is 10.1 Å². The SMILES string of the molecule is CN[C@@H](C)C(=O)Nc1c(CC(=O)N(CCc2ccccc2)CCc2ccccc2)nc(-c2ccc(F)cc2)[nH]c1=O. The van der Waals surface area contributed by atoms with E-state index in [-0.39, 0.29) is 29.5 Å². The second-order valence-corrected chi connectivity index (χ2v) is 9.77. The first-order chi connectivity index (χ1) is 19.8. The molecule has 0 radical (unpaired) electrons. The third-order valence-electron chi connectivity index (χ3n) is 6.88. The van der Waals surface area contributed by atoms with E-state index in [1.807, 2.05) is 60.7 Å². The van der Waals surface area contributed by atoms with Crippen LogP contribution >= 0.6 is 0 Å². The molecule has 0 aliphatic heterocycles. The molecule has 0 aliphatic rings. The van der Waals surface area contributed by atoms with Crippen LogP contribution in [0.1, 0.15) is 23.7 Å². The number of nitrogens with one attached hydrogen (secondary N) is 3. The van der Waals surface area contributed by atoms with Crippen LogP contribution in [0.15, 0.2) is 89.7 Å². The fraction of sp³-hybridized carbons (Fsp3) is 0.250. The standard InChI is InChI=1S/C32H34FN5O3/c1-22(34-2)31(40)36-29-27(35-30(37-32(29)41)25-13-15-26(33)16-14-25)21-28(39)38(19-17-23-9-5-3-6-10-23)20-18-24-11-7-4-8-12-24/h3-16,22,34H,17-21H2,1-2H3,(H,36,40)(H,35,37,41)/t22-/m0/s1. The van der Waals surface area contributed by atoms with E-state index in [0.29, 0.717) is 31.5 Å². The van der Waals surface area contributed by atoms with E-state index in [1.165, 1.54) is 24.3 Å². The number of carbonyl (C=O) groups is 2. The maximum Gasteiger partial charge on any atom is 0.275 e. The number of carbonyl (C=O) groups excluding carboxylic acids is 2. The fourth-order valence-electron chi connectivity index (χ4n) is 4.32. The number of likely N-dealkylation sites (N-methyl/N-ethyl adjacent to an activating group) is 1. The molecule has 41 heavy (non-hydrogen) atoms. The summed E-state index contributed by atoms with van der Waals surface area (Å²) in [7, 11) is 1.63. The Labute approximate surface area is 238 Å². The van der Waals surface area contributed by atoms with Crippen molar-refractivity contribution in [3.63, 3.8) is 0 Å². The van der Waals surface area contributed by atoms with Gasteiger partial charge in [0.25, 0.3) is 5.56 Å². The maximum absolute atomic E-state index is 13.8. The van der Waals surface area contributed by atoms with Gasteiger partial charge in [-0.05, 0) is 62.2 Å². The van der Waals surface area contributed by atoms with Crippen LogP contribution < -0.4 is 16.2 Å². The minimum absolute atomic E-state index is 0.0811. The molecule has 0 bridgehead atoms. The zero-order valence-electron chi connectivity index (χ0n) is 23.2. The van der Waals surface area contributed by atoms with Gasteiger partial charge in [0.15, 0.2) is 0 Å². The van der Waals surface area contributed by atoms with Crippen LogP contribution in [-0.2, 0) is 28.9 Å². The molecule has 1 heterocycles. The lowest BCUT2D eigenvalue weighted by Crippen LogP contribution is -2.39. The van der Waals surface area contributed by atoms with Crippen molar-refractivity contribution in [2.75, 3.05) is 25.5 Å². The minimum atomic E-state index is -0.598. The van der Waals surface area contributed by atoms with Crippen LogP contribution in [0.3, 0.4) is 0 Å². The number of rotatable bonds is 12. The number of nitrogens with zero attached hydrogens (tertiary/aromatic N) is 2. The van der Waals surface area contributed by atoms with Crippen molar-refractivity contribution in [2.24, 2.45) is 0 Å². The topological polar surface area (TPSA) is 107 Å². The lowest BCUT2D eigenvalue weighted by Gasteiger charge is -2.24. The summed E-state index contributed by atoms with van der Waals surface area (Å²) in [5.41, 5.74) is 2.14.